The Hall–Kier alpha value is -0.940. The van der Waals surface area contributed by atoms with Crippen LogP contribution in [0.5, 0.6) is 0 Å². The average Bonchev–Trinajstić information content (AvgIpc) is 2.33. The summed E-state index contributed by atoms with van der Waals surface area (Å²) < 4.78 is 6.41. The van der Waals surface area contributed by atoms with Gasteiger partial charge in [0.05, 0.1) is 6.61 Å². The van der Waals surface area contributed by atoms with E-state index in [-0.39, 0.29) is 17.7 Å². The lowest BCUT2D eigenvalue weighted by molar-refractivity contribution is -0.125. The monoisotopic (exact) mass is 298 g/mol. The molecule has 2 rings (SSSR count). The lowest BCUT2D eigenvalue weighted by atomic mass is 9.82. The molecule has 1 aromatic rings. The van der Waals surface area contributed by atoms with Gasteiger partial charge in [0, 0.05) is 35.3 Å². The topological polar surface area (TPSA) is 65.2 Å². The molecular formula is C12H15BrN2O2. The third kappa shape index (κ3) is 2.50. The summed E-state index contributed by atoms with van der Waals surface area (Å²) in [4.78, 5) is 15.6. The summed E-state index contributed by atoms with van der Waals surface area (Å²) in [6, 6.07) is 0. The van der Waals surface area contributed by atoms with E-state index in [9.17, 15) is 4.79 Å². The highest BCUT2D eigenvalue weighted by Crippen LogP contribution is 2.34. The number of ether oxygens (including phenoxy) is 1. The van der Waals surface area contributed by atoms with E-state index < -0.39 is 0 Å². The fraction of sp³-hybridized carbons (Fsp3) is 0.500. The number of primary amides is 1. The van der Waals surface area contributed by atoms with Gasteiger partial charge in [-0.3, -0.25) is 9.78 Å². The molecule has 17 heavy (non-hydrogen) atoms. The van der Waals surface area contributed by atoms with Crippen LogP contribution in [0.1, 0.15) is 23.5 Å². The van der Waals surface area contributed by atoms with Gasteiger partial charge in [0.1, 0.15) is 0 Å². The number of nitrogens with two attached hydrogens (primary N) is 1. The lowest BCUT2D eigenvalue weighted by Gasteiger charge is -2.30. The van der Waals surface area contributed by atoms with Crippen molar-refractivity contribution in [2.75, 3.05) is 13.2 Å². The number of hydrogen-bond donors (Lipinski definition) is 1. The van der Waals surface area contributed by atoms with Gasteiger partial charge in [-0.05, 0) is 40.4 Å². The first-order valence-electron chi connectivity index (χ1n) is 5.58. The Morgan fingerprint density at radius 1 is 1.59 bits per heavy atom. The highest BCUT2D eigenvalue weighted by molar-refractivity contribution is 9.10. The molecule has 2 N–H and O–H groups in total. The minimum Gasteiger partial charge on any atom is -0.381 e. The summed E-state index contributed by atoms with van der Waals surface area (Å²) in [5.74, 6) is -0.387. The smallest absolute Gasteiger partial charge is 0.221 e. The molecule has 1 amide bonds. The van der Waals surface area contributed by atoms with Crippen LogP contribution in [0.3, 0.4) is 0 Å². The van der Waals surface area contributed by atoms with Crippen molar-refractivity contribution in [1.82, 2.24) is 4.98 Å². The Morgan fingerprint density at radius 2 is 2.35 bits per heavy atom. The first kappa shape index (κ1) is 12.5. The molecule has 1 aromatic heterocycles. The second-order valence-electron chi connectivity index (χ2n) is 4.31. The number of carbonyl (C=O) groups is 1. The van der Waals surface area contributed by atoms with Crippen molar-refractivity contribution in [2.45, 2.75) is 19.3 Å². The zero-order valence-electron chi connectivity index (χ0n) is 9.65. The van der Waals surface area contributed by atoms with Gasteiger partial charge in [-0.25, -0.2) is 0 Å². The molecular weight excluding hydrogens is 284 g/mol. The molecule has 0 spiro atoms. The first-order chi connectivity index (χ1) is 8.11. The predicted octanol–water partition coefficient (Wildman–Crippen LogP) is 1.76. The van der Waals surface area contributed by atoms with Crippen LogP contribution in [0, 0.1) is 12.8 Å². The molecule has 0 bridgehead atoms. The number of nitrogens with zero attached hydrogens (tertiary/aromatic N) is 1. The van der Waals surface area contributed by atoms with Crippen LogP contribution in [-0.2, 0) is 9.53 Å². The van der Waals surface area contributed by atoms with E-state index in [4.69, 9.17) is 10.5 Å². The van der Waals surface area contributed by atoms with Crippen LogP contribution in [-0.4, -0.2) is 24.1 Å². The molecule has 2 unspecified atom stereocenters. The number of pyridine rings is 1. The molecule has 1 fully saturated rings. The van der Waals surface area contributed by atoms with Gasteiger partial charge >= 0.3 is 0 Å². The first-order valence-corrected chi connectivity index (χ1v) is 6.37. The Balaban J connectivity index is 2.36. The fourth-order valence-electron chi connectivity index (χ4n) is 2.27. The van der Waals surface area contributed by atoms with Crippen molar-refractivity contribution in [3.63, 3.8) is 0 Å². The zero-order valence-corrected chi connectivity index (χ0v) is 11.2. The highest BCUT2D eigenvalue weighted by atomic mass is 79.9. The second kappa shape index (κ2) is 5.14. The highest BCUT2D eigenvalue weighted by Gasteiger charge is 2.32. The van der Waals surface area contributed by atoms with Crippen molar-refractivity contribution in [3.05, 3.63) is 28.0 Å². The summed E-state index contributed by atoms with van der Waals surface area (Å²) in [5, 5.41) is 0. The van der Waals surface area contributed by atoms with Crippen molar-refractivity contribution >= 4 is 21.8 Å². The van der Waals surface area contributed by atoms with E-state index in [0.29, 0.717) is 19.6 Å². The Labute approximate surface area is 109 Å². The zero-order chi connectivity index (χ0) is 12.4. The minimum atomic E-state index is -0.252. The SMILES string of the molecule is Cc1c(Br)cncc1C1COCCC1C(N)=O. The summed E-state index contributed by atoms with van der Waals surface area (Å²) in [6.07, 6.45) is 4.24. The quantitative estimate of drug-likeness (QED) is 0.905. The van der Waals surface area contributed by atoms with Gasteiger partial charge in [-0.2, -0.15) is 0 Å². The average molecular weight is 299 g/mol. The number of aromatic nitrogens is 1. The maximum absolute atomic E-state index is 11.5. The van der Waals surface area contributed by atoms with Gasteiger partial charge in [-0.15, -0.1) is 0 Å². The molecule has 2 atom stereocenters. The van der Waals surface area contributed by atoms with Gasteiger partial charge in [0.25, 0.3) is 0 Å². The minimum absolute atomic E-state index is 0.0197. The molecule has 0 radical (unpaired) electrons. The van der Waals surface area contributed by atoms with Crippen LogP contribution in [0.4, 0.5) is 0 Å². The Bertz CT molecular complexity index is 437. The summed E-state index contributed by atoms with van der Waals surface area (Å²) in [5.41, 5.74) is 7.60. The van der Waals surface area contributed by atoms with Gasteiger partial charge in [-0.1, -0.05) is 0 Å². The van der Waals surface area contributed by atoms with Crippen LogP contribution in [0.2, 0.25) is 0 Å². The number of hydrogen-bond acceptors (Lipinski definition) is 3. The van der Waals surface area contributed by atoms with E-state index in [1.54, 1.807) is 12.4 Å². The third-order valence-corrected chi connectivity index (χ3v) is 4.11. The fourth-order valence-corrected chi connectivity index (χ4v) is 2.62. The summed E-state index contributed by atoms with van der Waals surface area (Å²) >= 11 is 3.45. The molecule has 2 heterocycles. The van der Waals surface area contributed by atoms with Crippen molar-refractivity contribution in [2.24, 2.45) is 11.7 Å². The van der Waals surface area contributed by atoms with Crippen molar-refractivity contribution in [1.29, 1.82) is 0 Å². The van der Waals surface area contributed by atoms with E-state index in [0.717, 1.165) is 15.6 Å². The molecule has 4 nitrogen and oxygen atoms in total. The summed E-state index contributed by atoms with van der Waals surface area (Å²) in [7, 11) is 0. The molecule has 92 valence electrons. The normalized spacial score (nSPS) is 24.6. The number of amides is 1. The van der Waals surface area contributed by atoms with E-state index in [2.05, 4.69) is 20.9 Å². The third-order valence-electron chi connectivity index (χ3n) is 3.31. The molecule has 0 aliphatic carbocycles. The molecule has 1 aliphatic heterocycles. The number of halogens is 1. The second-order valence-corrected chi connectivity index (χ2v) is 5.17. The maximum atomic E-state index is 11.5. The molecule has 1 aliphatic rings. The largest absolute Gasteiger partial charge is 0.381 e. The van der Waals surface area contributed by atoms with Gasteiger partial charge in [0.2, 0.25) is 5.91 Å². The van der Waals surface area contributed by atoms with Crippen LogP contribution >= 0.6 is 15.9 Å². The van der Waals surface area contributed by atoms with Gasteiger partial charge in [0.15, 0.2) is 0 Å². The molecule has 0 aromatic carbocycles. The Morgan fingerprint density at radius 3 is 3.06 bits per heavy atom. The summed E-state index contributed by atoms with van der Waals surface area (Å²) in [6.45, 7) is 3.14. The van der Waals surface area contributed by atoms with Crippen LogP contribution in [0.25, 0.3) is 0 Å². The lowest BCUT2D eigenvalue weighted by Crippen LogP contribution is -2.36. The van der Waals surface area contributed by atoms with Gasteiger partial charge < -0.3 is 10.5 Å². The molecule has 1 saturated heterocycles. The number of rotatable bonds is 2. The molecule has 5 heteroatoms. The standard InChI is InChI=1S/C12H15BrN2O2/c1-7-9(4-15-5-11(7)13)10-6-17-3-2-8(10)12(14)16/h4-5,8,10H,2-3,6H2,1H3,(H2,14,16). The van der Waals surface area contributed by atoms with Crippen molar-refractivity contribution in [3.8, 4) is 0 Å². The van der Waals surface area contributed by atoms with E-state index in [1.165, 1.54) is 0 Å². The molecule has 0 saturated carbocycles. The van der Waals surface area contributed by atoms with Crippen LogP contribution in [0.15, 0.2) is 16.9 Å². The van der Waals surface area contributed by atoms with E-state index >= 15 is 0 Å². The maximum Gasteiger partial charge on any atom is 0.221 e. The van der Waals surface area contributed by atoms with E-state index in [1.807, 2.05) is 6.92 Å². The van der Waals surface area contributed by atoms with Crippen LogP contribution < -0.4 is 5.73 Å². The predicted molar refractivity (Wildman–Crippen MR) is 67.5 cm³/mol. The number of carbonyl (C=O) groups excluding carboxylic acids is 1. The Kier molecular flexibility index (Phi) is 3.79. The van der Waals surface area contributed by atoms with Crippen molar-refractivity contribution < 1.29 is 9.53 Å².